The van der Waals surface area contributed by atoms with Crippen molar-refractivity contribution in [3.63, 3.8) is 0 Å². The van der Waals surface area contributed by atoms with E-state index in [9.17, 15) is 14.7 Å². The van der Waals surface area contributed by atoms with Crippen LogP contribution in [-0.2, 0) is 0 Å². The first-order valence-corrected chi connectivity index (χ1v) is 10.3. The Labute approximate surface area is 183 Å². The lowest BCUT2D eigenvalue weighted by molar-refractivity contribution is 0.0970. The van der Waals surface area contributed by atoms with Gasteiger partial charge in [-0.15, -0.1) is 0 Å². The molecule has 2 aromatic heterocycles. The number of phenols is 1. The molecule has 0 fully saturated rings. The van der Waals surface area contributed by atoms with Crippen molar-refractivity contribution in [2.75, 3.05) is 11.5 Å². The van der Waals surface area contributed by atoms with E-state index in [1.807, 2.05) is 19.9 Å². The standard InChI is InChI=1S/C25H20N2O5/c1-3-31-19-12-15(9-10-17(19)28)22-21-23(29)16-6-4-5-7-18(16)32-24(21)25(30)27(22)20-11-8-14(2)13-26-20/h4-13,22,28H,3H2,1-2H3. The summed E-state index contributed by atoms with van der Waals surface area (Å²) < 4.78 is 11.5. The Morgan fingerprint density at radius 2 is 1.94 bits per heavy atom. The average molecular weight is 428 g/mol. The van der Waals surface area contributed by atoms with Crippen molar-refractivity contribution in [1.29, 1.82) is 0 Å². The zero-order chi connectivity index (χ0) is 22.4. The molecule has 32 heavy (non-hydrogen) atoms. The van der Waals surface area contributed by atoms with Crippen LogP contribution in [-0.4, -0.2) is 22.6 Å². The molecule has 1 amide bonds. The Morgan fingerprint density at radius 3 is 2.69 bits per heavy atom. The number of phenolic OH excluding ortho intramolecular Hbond substituents is 1. The quantitative estimate of drug-likeness (QED) is 0.519. The molecule has 0 saturated carbocycles. The van der Waals surface area contributed by atoms with Gasteiger partial charge in [-0.25, -0.2) is 4.98 Å². The lowest BCUT2D eigenvalue weighted by Gasteiger charge is -2.24. The molecule has 1 unspecified atom stereocenters. The zero-order valence-electron chi connectivity index (χ0n) is 17.5. The highest BCUT2D eigenvalue weighted by Gasteiger charge is 2.44. The number of rotatable bonds is 4. The molecule has 0 bridgehead atoms. The maximum atomic E-state index is 13.5. The minimum atomic E-state index is -0.784. The average Bonchev–Trinajstić information content (AvgIpc) is 3.09. The number of carbonyl (C=O) groups excluding carboxylic acids is 1. The van der Waals surface area contributed by atoms with Crippen molar-refractivity contribution in [2.24, 2.45) is 0 Å². The minimum absolute atomic E-state index is 0.00731. The Kier molecular flexibility index (Phi) is 4.66. The number of anilines is 1. The third-order valence-corrected chi connectivity index (χ3v) is 5.52. The lowest BCUT2D eigenvalue weighted by atomic mass is 9.98. The lowest BCUT2D eigenvalue weighted by Crippen LogP contribution is -2.30. The van der Waals surface area contributed by atoms with Gasteiger partial charge in [0.15, 0.2) is 16.9 Å². The first kappa shape index (κ1) is 19.8. The molecular formula is C25H20N2O5. The smallest absolute Gasteiger partial charge is 0.296 e. The summed E-state index contributed by atoms with van der Waals surface area (Å²) in [5.74, 6) is 0.187. The van der Waals surface area contributed by atoms with E-state index in [0.29, 0.717) is 29.0 Å². The van der Waals surface area contributed by atoms with Gasteiger partial charge in [0.1, 0.15) is 11.4 Å². The second-order valence-electron chi connectivity index (χ2n) is 7.60. The molecular weight excluding hydrogens is 408 g/mol. The van der Waals surface area contributed by atoms with Crippen LogP contribution in [0.15, 0.2) is 70.0 Å². The van der Waals surface area contributed by atoms with E-state index in [2.05, 4.69) is 4.98 Å². The number of amides is 1. The Bertz CT molecular complexity index is 1410. The summed E-state index contributed by atoms with van der Waals surface area (Å²) in [5, 5.41) is 10.6. The maximum absolute atomic E-state index is 13.5. The molecule has 1 N–H and O–H groups in total. The fraction of sp³-hybridized carbons (Fsp3) is 0.160. The molecule has 0 radical (unpaired) electrons. The molecule has 4 aromatic rings. The normalized spacial score (nSPS) is 15.2. The number of hydrogen-bond acceptors (Lipinski definition) is 6. The van der Waals surface area contributed by atoms with Crippen LogP contribution in [0.25, 0.3) is 11.0 Å². The van der Waals surface area contributed by atoms with Crippen molar-refractivity contribution in [2.45, 2.75) is 19.9 Å². The summed E-state index contributed by atoms with van der Waals surface area (Å²) in [4.78, 5) is 32.9. The second kappa shape index (κ2) is 7.53. The number of aromatic nitrogens is 1. The third kappa shape index (κ3) is 3.01. The van der Waals surface area contributed by atoms with Gasteiger partial charge in [-0.2, -0.15) is 0 Å². The van der Waals surface area contributed by atoms with Crippen LogP contribution < -0.4 is 15.1 Å². The molecule has 2 aromatic carbocycles. The van der Waals surface area contributed by atoms with Gasteiger partial charge in [0.05, 0.1) is 23.6 Å². The number of fused-ring (bicyclic) bond motifs is 2. The third-order valence-electron chi connectivity index (χ3n) is 5.52. The van der Waals surface area contributed by atoms with Crippen LogP contribution in [0.1, 0.15) is 40.2 Å². The van der Waals surface area contributed by atoms with Gasteiger partial charge < -0.3 is 14.3 Å². The number of para-hydroxylation sites is 1. The number of pyridine rings is 1. The first-order chi connectivity index (χ1) is 15.5. The number of carbonyl (C=O) groups is 1. The monoisotopic (exact) mass is 428 g/mol. The largest absolute Gasteiger partial charge is 0.504 e. The SMILES string of the molecule is CCOc1cc(C2c3c(oc4ccccc4c3=O)C(=O)N2c2ccc(C)cn2)ccc1O. The number of benzene rings is 2. The van der Waals surface area contributed by atoms with E-state index < -0.39 is 11.9 Å². The van der Waals surface area contributed by atoms with E-state index in [1.165, 1.54) is 11.0 Å². The fourth-order valence-electron chi connectivity index (χ4n) is 4.05. The molecule has 5 rings (SSSR count). The second-order valence-corrected chi connectivity index (χ2v) is 7.60. The molecule has 0 saturated heterocycles. The van der Waals surface area contributed by atoms with Gasteiger partial charge in [-0.3, -0.25) is 14.5 Å². The van der Waals surface area contributed by atoms with Crippen molar-refractivity contribution in [3.8, 4) is 11.5 Å². The van der Waals surface area contributed by atoms with Crippen LogP contribution >= 0.6 is 0 Å². The molecule has 7 nitrogen and oxygen atoms in total. The maximum Gasteiger partial charge on any atom is 0.296 e. The minimum Gasteiger partial charge on any atom is -0.504 e. The molecule has 160 valence electrons. The van der Waals surface area contributed by atoms with E-state index in [0.717, 1.165) is 5.56 Å². The predicted octanol–water partition coefficient (Wildman–Crippen LogP) is 4.35. The number of ether oxygens (including phenoxy) is 1. The van der Waals surface area contributed by atoms with Crippen molar-refractivity contribution < 1.29 is 19.1 Å². The summed E-state index contributed by atoms with van der Waals surface area (Å²) in [6.07, 6.45) is 1.66. The highest BCUT2D eigenvalue weighted by atomic mass is 16.5. The Morgan fingerprint density at radius 1 is 1.12 bits per heavy atom. The molecule has 1 atom stereocenters. The van der Waals surface area contributed by atoms with Crippen LogP contribution in [0.3, 0.4) is 0 Å². The highest BCUT2D eigenvalue weighted by Crippen LogP contribution is 2.42. The van der Waals surface area contributed by atoms with Crippen LogP contribution in [0.2, 0.25) is 0 Å². The number of aryl methyl sites for hydroxylation is 1. The molecule has 0 aliphatic carbocycles. The molecule has 0 spiro atoms. The summed E-state index contributed by atoms with van der Waals surface area (Å²) in [6.45, 7) is 4.07. The zero-order valence-corrected chi connectivity index (χ0v) is 17.5. The van der Waals surface area contributed by atoms with E-state index in [1.54, 1.807) is 48.7 Å². The van der Waals surface area contributed by atoms with Gasteiger partial charge >= 0.3 is 0 Å². The van der Waals surface area contributed by atoms with Crippen molar-refractivity contribution >= 4 is 22.7 Å². The molecule has 7 heteroatoms. The van der Waals surface area contributed by atoms with Crippen LogP contribution in [0, 0.1) is 6.92 Å². The number of aromatic hydroxyl groups is 1. The van der Waals surface area contributed by atoms with Gasteiger partial charge in [-0.1, -0.05) is 24.3 Å². The number of hydrogen-bond donors (Lipinski definition) is 1. The predicted molar refractivity (Wildman–Crippen MR) is 119 cm³/mol. The summed E-state index contributed by atoms with van der Waals surface area (Å²) in [7, 11) is 0. The molecule has 3 heterocycles. The Balaban J connectivity index is 1.79. The van der Waals surface area contributed by atoms with Crippen molar-refractivity contribution in [3.05, 3.63) is 93.5 Å². The van der Waals surface area contributed by atoms with Gasteiger partial charge in [0.25, 0.3) is 5.91 Å². The first-order valence-electron chi connectivity index (χ1n) is 10.3. The van der Waals surface area contributed by atoms with Crippen LogP contribution in [0.5, 0.6) is 11.5 Å². The van der Waals surface area contributed by atoms with Crippen molar-refractivity contribution in [1.82, 2.24) is 4.98 Å². The van der Waals surface area contributed by atoms with Gasteiger partial charge in [0, 0.05) is 6.20 Å². The summed E-state index contributed by atoms with van der Waals surface area (Å²) in [5.41, 5.74) is 1.86. The highest BCUT2D eigenvalue weighted by molar-refractivity contribution is 6.10. The number of nitrogens with zero attached hydrogens (tertiary/aromatic N) is 2. The van der Waals surface area contributed by atoms with Crippen LogP contribution in [0.4, 0.5) is 5.82 Å². The van der Waals surface area contributed by atoms with Gasteiger partial charge in [-0.05, 0) is 55.3 Å². The van der Waals surface area contributed by atoms with Gasteiger partial charge in [0.2, 0.25) is 5.76 Å². The van der Waals surface area contributed by atoms with E-state index in [-0.39, 0.29) is 28.3 Å². The Hall–Kier alpha value is -4.13. The fourth-order valence-corrected chi connectivity index (χ4v) is 4.05. The summed E-state index contributed by atoms with van der Waals surface area (Å²) >= 11 is 0. The molecule has 1 aliphatic rings. The topological polar surface area (TPSA) is 92.9 Å². The van der Waals surface area contributed by atoms with E-state index in [4.69, 9.17) is 9.15 Å². The summed E-state index contributed by atoms with van der Waals surface area (Å²) in [6, 6.07) is 14.5. The molecule has 1 aliphatic heterocycles. The van der Waals surface area contributed by atoms with E-state index >= 15 is 0 Å².